The van der Waals surface area contributed by atoms with Crippen LogP contribution >= 0.6 is 11.8 Å². The molecule has 0 aromatic heterocycles. The Labute approximate surface area is 109 Å². The summed E-state index contributed by atoms with van der Waals surface area (Å²) in [5.74, 6) is 0. The Morgan fingerprint density at radius 2 is 1.83 bits per heavy atom. The molecule has 0 saturated heterocycles. The zero-order valence-electron chi connectivity index (χ0n) is 9.47. The van der Waals surface area contributed by atoms with E-state index < -0.39 is 0 Å². The summed E-state index contributed by atoms with van der Waals surface area (Å²) in [7, 11) is 0. The van der Waals surface area contributed by atoms with Crippen LogP contribution in [0.1, 0.15) is 11.1 Å². The molecular formula is C14H10N2OS. The number of nitriles is 1. The summed E-state index contributed by atoms with van der Waals surface area (Å²) in [6, 6.07) is 13.6. The van der Waals surface area contributed by atoms with E-state index in [2.05, 4.69) is 11.4 Å². The molecule has 2 N–H and O–H groups in total. The fourth-order valence-electron chi connectivity index (χ4n) is 1.90. The molecule has 1 heterocycles. The number of aliphatic hydroxyl groups is 1. The quantitative estimate of drug-likeness (QED) is 0.700. The van der Waals surface area contributed by atoms with Crippen LogP contribution in [-0.2, 0) is 6.61 Å². The fraction of sp³-hybridized carbons (Fsp3) is 0.0714. The van der Waals surface area contributed by atoms with Crippen LogP contribution in [0.4, 0.5) is 11.4 Å². The summed E-state index contributed by atoms with van der Waals surface area (Å²) in [5.41, 5.74) is 3.60. The molecule has 3 nitrogen and oxygen atoms in total. The van der Waals surface area contributed by atoms with Crippen molar-refractivity contribution in [2.45, 2.75) is 16.4 Å². The zero-order chi connectivity index (χ0) is 12.5. The summed E-state index contributed by atoms with van der Waals surface area (Å²) in [6.07, 6.45) is 0. The molecule has 3 rings (SSSR count). The molecule has 4 heteroatoms. The number of nitrogens with one attached hydrogen (secondary N) is 1. The SMILES string of the molecule is N#Cc1ccc2c(c1)Sc1cc(CO)ccc1N2. The molecule has 2 aromatic carbocycles. The van der Waals surface area contributed by atoms with Gasteiger partial charge in [0.25, 0.3) is 0 Å². The minimum absolute atomic E-state index is 0.0406. The number of anilines is 2. The number of benzene rings is 2. The topological polar surface area (TPSA) is 56.0 Å². The highest BCUT2D eigenvalue weighted by molar-refractivity contribution is 7.99. The summed E-state index contributed by atoms with van der Waals surface area (Å²) in [5, 5.41) is 21.4. The van der Waals surface area contributed by atoms with Crippen molar-refractivity contribution in [1.29, 1.82) is 5.26 Å². The van der Waals surface area contributed by atoms with Gasteiger partial charge in [-0.25, -0.2) is 0 Å². The first-order valence-corrected chi connectivity index (χ1v) is 6.34. The lowest BCUT2D eigenvalue weighted by molar-refractivity contribution is 0.281. The van der Waals surface area contributed by atoms with Crippen LogP contribution in [0, 0.1) is 11.3 Å². The van der Waals surface area contributed by atoms with E-state index in [-0.39, 0.29) is 6.61 Å². The van der Waals surface area contributed by atoms with Gasteiger partial charge in [-0.3, -0.25) is 0 Å². The normalized spacial score (nSPS) is 12.0. The van der Waals surface area contributed by atoms with Gasteiger partial charge in [-0.15, -0.1) is 0 Å². The van der Waals surface area contributed by atoms with E-state index in [4.69, 9.17) is 10.4 Å². The fourth-order valence-corrected chi connectivity index (χ4v) is 2.99. The molecule has 0 radical (unpaired) electrons. The standard InChI is InChI=1S/C14H10N2OS/c15-7-9-1-3-11-13(5-9)18-14-6-10(8-17)2-4-12(14)16-11/h1-6,16-17H,8H2. The van der Waals surface area contributed by atoms with E-state index in [1.54, 1.807) is 17.8 Å². The zero-order valence-corrected chi connectivity index (χ0v) is 10.3. The van der Waals surface area contributed by atoms with E-state index >= 15 is 0 Å². The second kappa shape index (κ2) is 4.37. The van der Waals surface area contributed by atoms with Crippen LogP contribution in [0.25, 0.3) is 0 Å². The Hall–Kier alpha value is -1.96. The van der Waals surface area contributed by atoms with Gasteiger partial charge >= 0.3 is 0 Å². The van der Waals surface area contributed by atoms with Crippen LogP contribution in [0.3, 0.4) is 0 Å². The smallest absolute Gasteiger partial charge is 0.0992 e. The first kappa shape index (κ1) is 11.1. The summed E-state index contributed by atoms with van der Waals surface area (Å²) in [6.45, 7) is 0.0406. The Morgan fingerprint density at radius 1 is 1.11 bits per heavy atom. The Kier molecular flexibility index (Phi) is 2.71. The van der Waals surface area contributed by atoms with Crippen LogP contribution < -0.4 is 5.32 Å². The third-order valence-electron chi connectivity index (χ3n) is 2.83. The number of rotatable bonds is 1. The van der Waals surface area contributed by atoms with Gasteiger partial charge in [0.2, 0.25) is 0 Å². The number of aliphatic hydroxyl groups excluding tert-OH is 1. The van der Waals surface area contributed by atoms with Gasteiger partial charge in [0.15, 0.2) is 0 Å². The molecule has 0 amide bonds. The van der Waals surface area contributed by atoms with Crippen LogP contribution in [0.15, 0.2) is 46.2 Å². The van der Waals surface area contributed by atoms with Gasteiger partial charge in [0, 0.05) is 9.79 Å². The molecule has 1 aliphatic rings. The third kappa shape index (κ3) is 1.84. The van der Waals surface area contributed by atoms with Gasteiger partial charge in [-0.2, -0.15) is 5.26 Å². The summed E-state index contributed by atoms with van der Waals surface area (Å²) < 4.78 is 0. The van der Waals surface area contributed by atoms with Crippen molar-refractivity contribution in [2.24, 2.45) is 0 Å². The lowest BCUT2D eigenvalue weighted by atomic mass is 10.2. The highest BCUT2D eigenvalue weighted by atomic mass is 32.2. The average molecular weight is 254 g/mol. The molecule has 0 bridgehead atoms. The third-order valence-corrected chi connectivity index (χ3v) is 3.94. The molecule has 0 unspecified atom stereocenters. The monoisotopic (exact) mass is 254 g/mol. The predicted molar refractivity (Wildman–Crippen MR) is 70.9 cm³/mol. The predicted octanol–water partition coefficient (Wildman–Crippen LogP) is 3.26. The maximum Gasteiger partial charge on any atom is 0.0992 e. The van der Waals surface area contributed by atoms with Crippen molar-refractivity contribution >= 4 is 23.1 Å². The van der Waals surface area contributed by atoms with Gasteiger partial charge < -0.3 is 10.4 Å². The van der Waals surface area contributed by atoms with Crippen molar-refractivity contribution < 1.29 is 5.11 Å². The molecule has 0 aliphatic carbocycles. The van der Waals surface area contributed by atoms with Crippen LogP contribution in [0.5, 0.6) is 0 Å². The molecular weight excluding hydrogens is 244 g/mol. The Morgan fingerprint density at radius 3 is 2.56 bits per heavy atom. The molecule has 0 fully saturated rings. The molecule has 18 heavy (non-hydrogen) atoms. The molecule has 0 saturated carbocycles. The second-order valence-electron chi connectivity index (χ2n) is 4.04. The lowest BCUT2D eigenvalue weighted by Crippen LogP contribution is -2.00. The maximum atomic E-state index is 9.14. The first-order valence-electron chi connectivity index (χ1n) is 5.53. The molecule has 2 aromatic rings. The number of nitrogens with zero attached hydrogens (tertiary/aromatic N) is 1. The second-order valence-corrected chi connectivity index (χ2v) is 5.12. The lowest BCUT2D eigenvalue weighted by Gasteiger charge is -2.21. The van der Waals surface area contributed by atoms with Crippen LogP contribution in [-0.4, -0.2) is 5.11 Å². The maximum absolute atomic E-state index is 9.14. The van der Waals surface area contributed by atoms with E-state index in [1.165, 1.54) is 0 Å². The number of hydrogen-bond acceptors (Lipinski definition) is 4. The van der Waals surface area contributed by atoms with Crippen molar-refractivity contribution in [3.8, 4) is 6.07 Å². The minimum atomic E-state index is 0.0406. The summed E-state index contributed by atoms with van der Waals surface area (Å²) >= 11 is 1.62. The number of hydrogen-bond donors (Lipinski definition) is 2. The van der Waals surface area contributed by atoms with E-state index in [1.807, 2.05) is 30.3 Å². The van der Waals surface area contributed by atoms with Gasteiger partial charge in [0.05, 0.1) is 29.6 Å². The van der Waals surface area contributed by atoms with Crippen molar-refractivity contribution in [1.82, 2.24) is 0 Å². The summed E-state index contributed by atoms with van der Waals surface area (Å²) in [4.78, 5) is 2.11. The molecule has 0 spiro atoms. The van der Waals surface area contributed by atoms with Crippen LogP contribution in [0.2, 0.25) is 0 Å². The van der Waals surface area contributed by atoms with Crippen molar-refractivity contribution in [3.05, 3.63) is 47.5 Å². The van der Waals surface area contributed by atoms with Gasteiger partial charge in [-0.1, -0.05) is 17.8 Å². The Bertz CT molecular complexity index is 661. The highest BCUT2D eigenvalue weighted by Gasteiger charge is 2.16. The minimum Gasteiger partial charge on any atom is -0.392 e. The highest BCUT2D eigenvalue weighted by Crippen LogP contribution is 2.44. The molecule has 1 aliphatic heterocycles. The van der Waals surface area contributed by atoms with Gasteiger partial charge in [-0.05, 0) is 35.9 Å². The molecule has 0 atom stereocenters. The van der Waals surface area contributed by atoms with E-state index in [0.717, 1.165) is 26.7 Å². The largest absolute Gasteiger partial charge is 0.392 e. The van der Waals surface area contributed by atoms with Crippen molar-refractivity contribution in [2.75, 3.05) is 5.32 Å². The van der Waals surface area contributed by atoms with Gasteiger partial charge in [0.1, 0.15) is 0 Å². The number of fused-ring (bicyclic) bond motifs is 2. The van der Waals surface area contributed by atoms with E-state index in [0.29, 0.717) is 5.56 Å². The first-order chi connectivity index (χ1) is 8.80. The Balaban J connectivity index is 2.04. The van der Waals surface area contributed by atoms with Crippen molar-refractivity contribution in [3.63, 3.8) is 0 Å². The van der Waals surface area contributed by atoms with E-state index in [9.17, 15) is 0 Å². The average Bonchev–Trinajstić information content (AvgIpc) is 2.43. The molecule has 88 valence electrons.